The molecule has 7 nitrogen and oxygen atoms in total. The smallest absolute Gasteiger partial charge is 0.335 e. The minimum absolute atomic E-state index is 0.169. The van der Waals surface area contributed by atoms with Gasteiger partial charge in [0.1, 0.15) is 11.5 Å². The molecule has 150 valence electrons. The molecule has 1 spiro atoms. The van der Waals surface area contributed by atoms with Crippen molar-refractivity contribution in [3.8, 4) is 11.3 Å². The van der Waals surface area contributed by atoms with Crippen LogP contribution in [0.15, 0.2) is 58.1 Å². The molecule has 2 amide bonds. The molecule has 0 unspecified atom stereocenters. The Morgan fingerprint density at radius 2 is 1.67 bits per heavy atom. The number of benzene rings is 1. The fourth-order valence-corrected chi connectivity index (χ4v) is 5.65. The molecule has 1 N–H and O–H groups in total. The Morgan fingerprint density at radius 1 is 1.03 bits per heavy atom. The van der Waals surface area contributed by atoms with E-state index in [-0.39, 0.29) is 46.5 Å². The number of rotatable bonds is 4. The lowest BCUT2D eigenvalue weighted by atomic mass is 9.85. The molecule has 4 atom stereocenters. The van der Waals surface area contributed by atoms with E-state index in [0.717, 1.165) is 23.4 Å². The molecule has 6 rings (SSSR count). The molecule has 2 aromatic rings. The van der Waals surface area contributed by atoms with Crippen molar-refractivity contribution in [3.63, 3.8) is 0 Å². The molecule has 1 aromatic carbocycles. The van der Waals surface area contributed by atoms with Crippen LogP contribution in [-0.4, -0.2) is 34.1 Å². The normalized spacial score (nSPS) is 30.1. The van der Waals surface area contributed by atoms with Crippen LogP contribution in [0.3, 0.4) is 0 Å². The zero-order chi connectivity index (χ0) is 20.6. The van der Waals surface area contributed by atoms with Crippen LogP contribution in [0.4, 0.5) is 0 Å². The van der Waals surface area contributed by atoms with Gasteiger partial charge in [-0.15, -0.1) is 0 Å². The lowest BCUT2D eigenvalue weighted by Gasteiger charge is -2.18. The summed E-state index contributed by atoms with van der Waals surface area (Å²) in [5, 5.41) is 14.2. The fraction of sp³-hybridized carbons (Fsp3) is 0.304. The van der Waals surface area contributed by atoms with Crippen molar-refractivity contribution >= 4 is 24.0 Å². The van der Waals surface area contributed by atoms with Crippen LogP contribution in [0.1, 0.15) is 29.0 Å². The molecular formula is C23H18N2O5. The number of carbonyl (C=O) groups excluding carboxylic acids is 2. The van der Waals surface area contributed by atoms with E-state index < -0.39 is 5.97 Å². The van der Waals surface area contributed by atoms with E-state index in [4.69, 9.17) is 9.52 Å². The number of aromatic carboxylic acids is 1. The quantitative estimate of drug-likeness (QED) is 0.481. The van der Waals surface area contributed by atoms with Gasteiger partial charge in [0, 0.05) is 5.56 Å². The summed E-state index contributed by atoms with van der Waals surface area (Å²) in [6.45, 7) is 0. The van der Waals surface area contributed by atoms with Crippen LogP contribution < -0.4 is 0 Å². The van der Waals surface area contributed by atoms with Gasteiger partial charge in [-0.25, -0.2) is 4.79 Å². The van der Waals surface area contributed by atoms with E-state index in [0.29, 0.717) is 11.5 Å². The summed E-state index contributed by atoms with van der Waals surface area (Å²) in [6.07, 6.45) is 7.86. The average molecular weight is 402 g/mol. The van der Waals surface area contributed by atoms with Crippen LogP contribution >= 0.6 is 0 Å². The second-order valence-corrected chi connectivity index (χ2v) is 8.54. The third-order valence-corrected chi connectivity index (χ3v) is 7.17. The number of allylic oxidation sites excluding steroid dienone is 2. The molecule has 2 saturated carbocycles. The second kappa shape index (κ2) is 5.78. The maximum Gasteiger partial charge on any atom is 0.335 e. The predicted molar refractivity (Wildman–Crippen MR) is 105 cm³/mol. The number of nitrogens with zero attached hydrogens (tertiary/aromatic N) is 2. The first kappa shape index (κ1) is 17.4. The summed E-state index contributed by atoms with van der Waals surface area (Å²) >= 11 is 0. The highest BCUT2D eigenvalue weighted by atomic mass is 16.4. The topological polar surface area (TPSA) is 100 Å². The van der Waals surface area contributed by atoms with Crippen LogP contribution in [0.5, 0.6) is 0 Å². The third kappa shape index (κ3) is 2.20. The number of hydrogen-bond acceptors (Lipinski definition) is 5. The monoisotopic (exact) mass is 402 g/mol. The molecule has 3 aliphatic carbocycles. The van der Waals surface area contributed by atoms with Crippen molar-refractivity contribution < 1.29 is 23.9 Å². The Kier molecular flexibility index (Phi) is 3.35. The zero-order valence-electron chi connectivity index (χ0n) is 15.9. The van der Waals surface area contributed by atoms with Gasteiger partial charge in [-0.05, 0) is 54.4 Å². The van der Waals surface area contributed by atoms with Crippen molar-refractivity contribution in [1.82, 2.24) is 5.01 Å². The molecule has 2 heterocycles. The Balaban J connectivity index is 1.21. The number of carboxylic acid groups (broad SMARTS) is 1. The average Bonchev–Trinajstić information content (AvgIpc) is 3.03. The van der Waals surface area contributed by atoms with Gasteiger partial charge in [-0.2, -0.15) is 10.1 Å². The first-order chi connectivity index (χ1) is 14.5. The molecule has 3 fully saturated rings. The van der Waals surface area contributed by atoms with Crippen LogP contribution in [0, 0.1) is 29.1 Å². The van der Waals surface area contributed by atoms with Gasteiger partial charge in [-0.3, -0.25) is 9.59 Å². The number of carboxylic acids is 1. The highest BCUT2D eigenvalue weighted by Crippen LogP contribution is 2.73. The first-order valence-electron chi connectivity index (χ1n) is 10.0. The fourth-order valence-electron chi connectivity index (χ4n) is 5.65. The lowest BCUT2D eigenvalue weighted by molar-refractivity contribution is -0.141. The summed E-state index contributed by atoms with van der Waals surface area (Å²) in [7, 11) is 0. The standard InChI is InChI=1S/C23H18N2O5/c26-20-18-15-6-7-16(23(15)9-10-23)19(18)21(27)25(20)24-11-14-5-8-17(30-14)12-1-3-13(4-2-12)22(28)29/h1-8,11,15-16,18-19H,9-10H2,(H,28,29)/b24-11-/t15-,16-,18-,19-/m0/s1. The van der Waals surface area contributed by atoms with E-state index in [1.54, 1.807) is 24.3 Å². The summed E-state index contributed by atoms with van der Waals surface area (Å²) < 4.78 is 5.73. The Bertz CT molecular complexity index is 1120. The Morgan fingerprint density at radius 3 is 2.23 bits per heavy atom. The molecule has 30 heavy (non-hydrogen) atoms. The SMILES string of the molecule is O=C(O)c1ccc(-c2ccc(/C=N\N3C(=O)[C@@H]4[C@@H](C3=O)[C@@H]3C=C[C@@H]4C34CC4)o2)cc1. The summed E-state index contributed by atoms with van der Waals surface area (Å²) in [5.74, 6) is -0.650. The first-order valence-corrected chi connectivity index (χ1v) is 10.0. The summed E-state index contributed by atoms with van der Waals surface area (Å²) in [6, 6.07) is 9.76. The summed E-state index contributed by atoms with van der Waals surface area (Å²) in [4.78, 5) is 36.8. The number of fused-ring (bicyclic) bond motifs is 3. The number of carbonyl (C=O) groups is 3. The van der Waals surface area contributed by atoms with Crippen molar-refractivity contribution in [2.45, 2.75) is 12.8 Å². The van der Waals surface area contributed by atoms with Gasteiger partial charge in [0.15, 0.2) is 0 Å². The van der Waals surface area contributed by atoms with Crippen molar-refractivity contribution in [2.24, 2.45) is 34.2 Å². The number of amides is 2. The highest BCUT2D eigenvalue weighted by Gasteiger charge is 2.73. The maximum atomic E-state index is 12.9. The Hall–Kier alpha value is -3.48. The second-order valence-electron chi connectivity index (χ2n) is 8.54. The maximum absolute atomic E-state index is 12.9. The van der Waals surface area contributed by atoms with E-state index in [2.05, 4.69) is 17.3 Å². The molecule has 0 radical (unpaired) electrons. The Labute approximate surface area is 171 Å². The van der Waals surface area contributed by atoms with Gasteiger partial charge >= 0.3 is 5.97 Å². The van der Waals surface area contributed by atoms with Gasteiger partial charge in [0.05, 0.1) is 23.6 Å². The molecule has 4 aliphatic rings. The third-order valence-electron chi connectivity index (χ3n) is 7.17. The number of hydrazone groups is 1. The van der Waals surface area contributed by atoms with E-state index >= 15 is 0 Å². The van der Waals surface area contributed by atoms with Gasteiger partial charge in [0.25, 0.3) is 11.8 Å². The largest absolute Gasteiger partial charge is 0.478 e. The molecule has 1 saturated heterocycles. The van der Waals surface area contributed by atoms with Gasteiger partial charge in [-0.1, -0.05) is 24.3 Å². The van der Waals surface area contributed by atoms with Crippen molar-refractivity contribution in [1.29, 1.82) is 0 Å². The minimum Gasteiger partial charge on any atom is -0.478 e. The van der Waals surface area contributed by atoms with Crippen LogP contribution in [0.2, 0.25) is 0 Å². The summed E-state index contributed by atoms with van der Waals surface area (Å²) in [5.41, 5.74) is 1.09. The van der Waals surface area contributed by atoms with Gasteiger partial charge in [0.2, 0.25) is 0 Å². The minimum atomic E-state index is -0.991. The molecular weight excluding hydrogens is 384 g/mol. The number of furan rings is 1. The molecule has 1 aromatic heterocycles. The predicted octanol–water partition coefficient (Wildman–Crippen LogP) is 3.18. The van der Waals surface area contributed by atoms with Crippen molar-refractivity contribution in [3.05, 3.63) is 59.9 Å². The highest BCUT2D eigenvalue weighted by molar-refractivity contribution is 6.07. The lowest BCUT2D eigenvalue weighted by Crippen LogP contribution is -2.30. The molecule has 1 aliphatic heterocycles. The number of hydrogen-bond donors (Lipinski definition) is 1. The van der Waals surface area contributed by atoms with E-state index in [1.807, 2.05) is 0 Å². The van der Waals surface area contributed by atoms with E-state index in [1.165, 1.54) is 18.3 Å². The van der Waals surface area contributed by atoms with Crippen LogP contribution in [-0.2, 0) is 9.59 Å². The van der Waals surface area contributed by atoms with Crippen molar-refractivity contribution in [2.75, 3.05) is 0 Å². The molecule has 2 bridgehead atoms. The number of imide groups is 1. The zero-order valence-corrected chi connectivity index (χ0v) is 15.9. The van der Waals surface area contributed by atoms with Gasteiger partial charge < -0.3 is 9.52 Å². The van der Waals surface area contributed by atoms with Crippen LogP contribution in [0.25, 0.3) is 11.3 Å². The van der Waals surface area contributed by atoms with E-state index in [9.17, 15) is 14.4 Å². The molecule has 7 heteroatoms.